The van der Waals surface area contributed by atoms with E-state index in [9.17, 15) is 4.79 Å². The maximum atomic E-state index is 10.7. The monoisotopic (exact) mass is 285 g/mol. The van der Waals surface area contributed by atoms with E-state index in [0.717, 1.165) is 39.0 Å². The zero-order valence-electron chi connectivity index (χ0n) is 13.2. The van der Waals surface area contributed by atoms with Gasteiger partial charge in [0, 0.05) is 45.2 Å². The van der Waals surface area contributed by atoms with Gasteiger partial charge in [-0.3, -0.25) is 4.79 Å². The summed E-state index contributed by atoms with van der Waals surface area (Å²) in [5.74, 6) is -0.232. The van der Waals surface area contributed by atoms with Crippen molar-refractivity contribution < 1.29 is 9.90 Å². The molecule has 1 heterocycles. The zero-order valence-corrected chi connectivity index (χ0v) is 13.2. The first-order chi connectivity index (χ1) is 9.30. The Morgan fingerprint density at radius 3 is 2.65 bits per heavy atom. The number of carboxylic acids is 1. The molecule has 0 amide bonds. The minimum absolute atomic E-state index is 0.271. The number of nitrogens with zero attached hydrogens (tertiary/aromatic N) is 1. The second kappa shape index (κ2) is 7.96. The van der Waals surface area contributed by atoms with Gasteiger partial charge in [-0.25, -0.2) is 0 Å². The van der Waals surface area contributed by atoms with Crippen molar-refractivity contribution >= 4 is 5.97 Å². The molecule has 0 aliphatic carbocycles. The molecule has 118 valence electrons. The number of hydrogen-bond donors (Lipinski definition) is 3. The Balaban J connectivity index is 2.49. The van der Waals surface area contributed by atoms with E-state index in [1.807, 2.05) is 0 Å². The van der Waals surface area contributed by atoms with Crippen LogP contribution in [0.5, 0.6) is 0 Å². The molecule has 2 atom stereocenters. The van der Waals surface area contributed by atoms with Gasteiger partial charge in [-0.15, -0.1) is 0 Å². The molecule has 1 aliphatic rings. The predicted molar refractivity (Wildman–Crippen MR) is 81.7 cm³/mol. The van der Waals surface area contributed by atoms with Gasteiger partial charge >= 0.3 is 5.97 Å². The van der Waals surface area contributed by atoms with E-state index in [1.54, 1.807) is 0 Å². The molecule has 5 heteroatoms. The molecule has 0 aromatic rings. The standard InChI is InChI=1S/C15H31N3O2/c1-15(2,3)11-17-13-8-12(4-5-14(19)20)9-18(10-13)7-6-16/h12-13,17H,4-11,16H2,1-3H3,(H,19,20). The van der Waals surface area contributed by atoms with E-state index in [-0.39, 0.29) is 11.8 Å². The van der Waals surface area contributed by atoms with Crippen molar-refractivity contribution in [2.75, 3.05) is 32.7 Å². The Labute approximate surface area is 122 Å². The first-order valence-electron chi connectivity index (χ1n) is 7.68. The van der Waals surface area contributed by atoms with Crippen LogP contribution in [-0.4, -0.2) is 54.7 Å². The van der Waals surface area contributed by atoms with Crippen molar-refractivity contribution in [3.8, 4) is 0 Å². The minimum atomic E-state index is -0.694. The normalized spacial score (nSPS) is 24.8. The first kappa shape index (κ1) is 17.4. The van der Waals surface area contributed by atoms with E-state index < -0.39 is 5.97 Å². The third kappa shape index (κ3) is 7.22. The summed E-state index contributed by atoms with van der Waals surface area (Å²) in [6, 6.07) is 0.452. The highest BCUT2D eigenvalue weighted by atomic mass is 16.4. The smallest absolute Gasteiger partial charge is 0.303 e. The van der Waals surface area contributed by atoms with Crippen molar-refractivity contribution in [1.82, 2.24) is 10.2 Å². The molecule has 5 nitrogen and oxygen atoms in total. The second-order valence-electron chi connectivity index (χ2n) is 7.22. The molecule has 0 saturated carbocycles. The maximum absolute atomic E-state index is 10.7. The number of likely N-dealkylation sites (tertiary alicyclic amines) is 1. The SMILES string of the molecule is CC(C)(C)CNC1CC(CCC(=O)O)CN(CCN)C1. The summed E-state index contributed by atoms with van der Waals surface area (Å²) >= 11 is 0. The van der Waals surface area contributed by atoms with Gasteiger partial charge in [0.1, 0.15) is 0 Å². The molecule has 0 aromatic heterocycles. The summed E-state index contributed by atoms with van der Waals surface area (Å²) < 4.78 is 0. The maximum Gasteiger partial charge on any atom is 0.303 e. The Morgan fingerprint density at radius 2 is 2.10 bits per heavy atom. The van der Waals surface area contributed by atoms with Gasteiger partial charge in [0.05, 0.1) is 0 Å². The van der Waals surface area contributed by atoms with Gasteiger partial charge in [0.25, 0.3) is 0 Å². The number of nitrogens with two attached hydrogens (primary N) is 1. The second-order valence-corrected chi connectivity index (χ2v) is 7.22. The lowest BCUT2D eigenvalue weighted by molar-refractivity contribution is -0.137. The average molecular weight is 285 g/mol. The number of piperidine rings is 1. The highest BCUT2D eigenvalue weighted by Gasteiger charge is 2.27. The highest BCUT2D eigenvalue weighted by Crippen LogP contribution is 2.22. The zero-order chi connectivity index (χ0) is 15.2. The molecular formula is C15H31N3O2. The summed E-state index contributed by atoms with van der Waals surface area (Å²) in [7, 11) is 0. The molecule has 1 saturated heterocycles. The summed E-state index contributed by atoms with van der Waals surface area (Å²) in [5, 5.41) is 12.5. The fourth-order valence-corrected chi connectivity index (χ4v) is 2.80. The lowest BCUT2D eigenvalue weighted by Gasteiger charge is -2.39. The van der Waals surface area contributed by atoms with Crippen LogP contribution in [0.1, 0.15) is 40.0 Å². The molecular weight excluding hydrogens is 254 g/mol. The van der Waals surface area contributed by atoms with Crippen LogP contribution in [0.2, 0.25) is 0 Å². The fraction of sp³-hybridized carbons (Fsp3) is 0.933. The van der Waals surface area contributed by atoms with Gasteiger partial charge < -0.3 is 21.1 Å². The third-order valence-electron chi connectivity index (χ3n) is 3.75. The number of carboxylic acid groups (broad SMARTS) is 1. The van der Waals surface area contributed by atoms with Gasteiger partial charge in [-0.05, 0) is 24.2 Å². The lowest BCUT2D eigenvalue weighted by Crippen LogP contribution is -2.51. The van der Waals surface area contributed by atoms with Crippen LogP contribution in [0.25, 0.3) is 0 Å². The van der Waals surface area contributed by atoms with Crippen LogP contribution in [0.3, 0.4) is 0 Å². The Bertz CT molecular complexity index is 302. The van der Waals surface area contributed by atoms with Crippen molar-refractivity contribution in [3.63, 3.8) is 0 Å². The van der Waals surface area contributed by atoms with Gasteiger partial charge in [-0.1, -0.05) is 20.8 Å². The van der Waals surface area contributed by atoms with Crippen LogP contribution in [0.15, 0.2) is 0 Å². The fourth-order valence-electron chi connectivity index (χ4n) is 2.80. The van der Waals surface area contributed by atoms with Gasteiger partial charge in [-0.2, -0.15) is 0 Å². The van der Waals surface area contributed by atoms with Crippen LogP contribution >= 0.6 is 0 Å². The van der Waals surface area contributed by atoms with Crippen molar-refractivity contribution in [1.29, 1.82) is 0 Å². The van der Waals surface area contributed by atoms with Gasteiger partial charge in [0.15, 0.2) is 0 Å². The summed E-state index contributed by atoms with van der Waals surface area (Å²) in [6.45, 7) is 11.2. The molecule has 1 fully saturated rings. The Morgan fingerprint density at radius 1 is 1.40 bits per heavy atom. The number of hydrogen-bond acceptors (Lipinski definition) is 4. The number of rotatable bonds is 7. The Kier molecular flexibility index (Phi) is 6.92. The average Bonchev–Trinajstić information content (AvgIpc) is 2.33. The summed E-state index contributed by atoms with van der Waals surface area (Å²) in [5.41, 5.74) is 5.93. The van der Waals surface area contributed by atoms with Gasteiger partial charge in [0.2, 0.25) is 0 Å². The van der Waals surface area contributed by atoms with Crippen LogP contribution in [0.4, 0.5) is 0 Å². The van der Waals surface area contributed by atoms with E-state index in [2.05, 4.69) is 31.0 Å². The van der Waals surface area contributed by atoms with E-state index >= 15 is 0 Å². The van der Waals surface area contributed by atoms with Crippen LogP contribution in [0, 0.1) is 11.3 Å². The summed E-state index contributed by atoms with van der Waals surface area (Å²) in [6.07, 6.45) is 2.11. The topological polar surface area (TPSA) is 78.6 Å². The molecule has 0 aromatic carbocycles. The Hall–Kier alpha value is -0.650. The summed E-state index contributed by atoms with van der Waals surface area (Å²) in [4.78, 5) is 13.1. The van der Waals surface area contributed by atoms with E-state index in [0.29, 0.717) is 18.5 Å². The van der Waals surface area contributed by atoms with Crippen LogP contribution < -0.4 is 11.1 Å². The number of aliphatic carboxylic acids is 1. The van der Waals surface area contributed by atoms with E-state index in [1.165, 1.54) is 0 Å². The molecule has 1 aliphatic heterocycles. The number of carbonyl (C=O) groups is 1. The quantitative estimate of drug-likeness (QED) is 0.654. The molecule has 4 N–H and O–H groups in total. The largest absolute Gasteiger partial charge is 0.481 e. The molecule has 2 unspecified atom stereocenters. The molecule has 0 radical (unpaired) electrons. The molecule has 0 spiro atoms. The van der Waals surface area contributed by atoms with Crippen molar-refractivity contribution in [2.45, 2.75) is 46.1 Å². The van der Waals surface area contributed by atoms with Crippen molar-refractivity contribution in [3.05, 3.63) is 0 Å². The highest BCUT2D eigenvalue weighted by molar-refractivity contribution is 5.66. The van der Waals surface area contributed by atoms with E-state index in [4.69, 9.17) is 10.8 Å². The molecule has 20 heavy (non-hydrogen) atoms. The predicted octanol–water partition coefficient (Wildman–Crippen LogP) is 1.14. The minimum Gasteiger partial charge on any atom is -0.481 e. The third-order valence-corrected chi connectivity index (χ3v) is 3.75. The molecule has 0 bridgehead atoms. The number of nitrogens with one attached hydrogen (secondary N) is 1. The molecule has 1 rings (SSSR count). The van der Waals surface area contributed by atoms with Crippen LogP contribution in [-0.2, 0) is 4.79 Å². The first-order valence-corrected chi connectivity index (χ1v) is 7.68. The lowest BCUT2D eigenvalue weighted by atomic mass is 9.89. The van der Waals surface area contributed by atoms with Crippen molar-refractivity contribution in [2.24, 2.45) is 17.1 Å².